The van der Waals surface area contributed by atoms with Gasteiger partial charge in [0.25, 0.3) is 5.91 Å². The Balaban J connectivity index is 0.00000176. The molecule has 22 heavy (non-hydrogen) atoms. The summed E-state index contributed by atoms with van der Waals surface area (Å²) in [5.74, 6) is -0.470. The van der Waals surface area contributed by atoms with Crippen molar-refractivity contribution in [3.63, 3.8) is 0 Å². The van der Waals surface area contributed by atoms with Crippen molar-refractivity contribution in [1.29, 1.82) is 0 Å². The van der Waals surface area contributed by atoms with Gasteiger partial charge in [-0.15, -0.1) is 12.4 Å². The van der Waals surface area contributed by atoms with Gasteiger partial charge in [-0.1, -0.05) is 15.9 Å². The lowest BCUT2D eigenvalue weighted by Gasteiger charge is -2.37. The number of halogens is 3. The summed E-state index contributed by atoms with van der Waals surface area (Å²) in [7, 11) is 0. The van der Waals surface area contributed by atoms with Crippen molar-refractivity contribution in [2.75, 3.05) is 39.3 Å². The minimum Gasteiger partial charge on any atom is -0.336 e. The van der Waals surface area contributed by atoms with E-state index in [1.807, 2.05) is 4.90 Å². The number of benzene rings is 1. The van der Waals surface area contributed by atoms with Crippen LogP contribution in [0.3, 0.4) is 0 Å². The molecule has 1 unspecified atom stereocenters. The Morgan fingerprint density at radius 1 is 1.23 bits per heavy atom. The molecule has 4 nitrogen and oxygen atoms in total. The Labute approximate surface area is 144 Å². The van der Waals surface area contributed by atoms with E-state index in [0.717, 1.165) is 26.2 Å². The normalized spacial score (nSPS) is 22.5. The summed E-state index contributed by atoms with van der Waals surface area (Å²) in [4.78, 5) is 16.7. The Hall–Kier alpha value is -0.690. The summed E-state index contributed by atoms with van der Waals surface area (Å²) in [5, 5.41) is 3.37. The first-order valence-electron chi connectivity index (χ1n) is 7.33. The summed E-state index contributed by atoms with van der Waals surface area (Å²) in [5.41, 5.74) is 0.415. The zero-order valence-electron chi connectivity index (χ0n) is 12.2. The fourth-order valence-electron chi connectivity index (χ4n) is 3.10. The van der Waals surface area contributed by atoms with Gasteiger partial charge in [0.2, 0.25) is 0 Å². The summed E-state index contributed by atoms with van der Waals surface area (Å²) < 4.78 is 14.0. The number of nitrogens with one attached hydrogen (secondary N) is 1. The van der Waals surface area contributed by atoms with Crippen molar-refractivity contribution in [3.8, 4) is 0 Å². The molecule has 2 aliphatic heterocycles. The van der Waals surface area contributed by atoms with Gasteiger partial charge in [0.1, 0.15) is 5.82 Å². The number of nitrogens with zero attached hydrogens (tertiary/aromatic N) is 2. The van der Waals surface area contributed by atoms with Crippen LogP contribution in [0.25, 0.3) is 0 Å². The summed E-state index contributed by atoms with van der Waals surface area (Å²) in [6.07, 6.45) is 1.19. The molecule has 0 bridgehead atoms. The standard InChI is InChI=1S/C15H19BrFN3O.ClH/c16-12-7-11(8-13(17)9-12)15(21)20-5-3-19(4-6-20)14-1-2-18-10-14;/h7-9,14,18H,1-6,10H2;1H. The van der Waals surface area contributed by atoms with Crippen LogP contribution in [0, 0.1) is 5.82 Å². The molecule has 2 heterocycles. The maximum absolute atomic E-state index is 13.4. The molecule has 7 heteroatoms. The number of rotatable bonds is 2. The topological polar surface area (TPSA) is 35.6 Å². The highest BCUT2D eigenvalue weighted by molar-refractivity contribution is 9.10. The highest BCUT2D eigenvalue weighted by Gasteiger charge is 2.28. The fourth-order valence-corrected chi connectivity index (χ4v) is 3.57. The Kier molecular flexibility index (Phi) is 6.20. The molecule has 0 spiro atoms. The second kappa shape index (κ2) is 7.73. The maximum atomic E-state index is 13.4. The van der Waals surface area contributed by atoms with Crippen LogP contribution in [0.4, 0.5) is 4.39 Å². The number of hydrogen-bond acceptors (Lipinski definition) is 3. The number of carbonyl (C=O) groups is 1. The van der Waals surface area contributed by atoms with Gasteiger partial charge < -0.3 is 10.2 Å². The Morgan fingerprint density at radius 2 is 1.95 bits per heavy atom. The van der Waals surface area contributed by atoms with E-state index in [0.29, 0.717) is 29.2 Å². The van der Waals surface area contributed by atoms with Gasteiger partial charge in [-0.05, 0) is 31.2 Å². The molecular formula is C15H20BrClFN3O. The van der Waals surface area contributed by atoms with E-state index in [4.69, 9.17) is 0 Å². The minimum atomic E-state index is -0.386. The third-order valence-electron chi connectivity index (χ3n) is 4.26. The number of amides is 1. The second-order valence-corrected chi connectivity index (χ2v) is 6.55. The number of piperazine rings is 1. The average molecular weight is 393 g/mol. The largest absolute Gasteiger partial charge is 0.336 e. The molecule has 0 aliphatic carbocycles. The molecule has 122 valence electrons. The quantitative estimate of drug-likeness (QED) is 0.837. The van der Waals surface area contributed by atoms with E-state index in [1.165, 1.54) is 18.6 Å². The zero-order chi connectivity index (χ0) is 14.8. The predicted octanol–water partition coefficient (Wildman–Crippen LogP) is 2.13. The van der Waals surface area contributed by atoms with Gasteiger partial charge >= 0.3 is 0 Å². The molecule has 2 aliphatic rings. The van der Waals surface area contributed by atoms with Crippen LogP contribution in [0.5, 0.6) is 0 Å². The van der Waals surface area contributed by atoms with E-state index in [2.05, 4.69) is 26.1 Å². The van der Waals surface area contributed by atoms with Gasteiger partial charge in [-0.2, -0.15) is 0 Å². The molecule has 1 aromatic rings. The second-order valence-electron chi connectivity index (χ2n) is 5.63. The van der Waals surface area contributed by atoms with Crippen molar-refractivity contribution >= 4 is 34.2 Å². The van der Waals surface area contributed by atoms with Crippen LogP contribution in [-0.2, 0) is 0 Å². The van der Waals surface area contributed by atoms with Crippen LogP contribution in [-0.4, -0.2) is 61.0 Å². The van der Waals surface area contributed by atoms with Gasteiger partial charge in [0.05, 0.1) is 0 Å². The molecule has 2 fully saturated rings. The SMILES string of the molecule is Cl.O=C(c1cc(F)cc(Br)c1)N1CCN(C2CCNC2)CC1. The lowest BCUT2D eigenvalue weighted by molar-refractivity contribution is 0.0583. The first kappa shape index (κ1) is 17.7. The van der Waals surface area contributed by atoms with Crippen LogP contribution in [0.2, 0.25) is 0 Å². The summed E-state index contributed by atoms with van der Waals surface area (Å²) in [6.45, 7) is 5.35. The average Bonchev–Trinajstić information content (AvgIpc) is 3.00. The smallest absolute Gasteiger partial charge is 0.254 e. The third-order valence-corrected chi connectivity index (χ3v) is 4.72. The highest BCUT2D eigenvalue weighted by Crippen LogP contribution is 2.18. The van der Waals surface area contributed by atoms with Crippen molar-refractivity contribution in [3.05, 3.63) is 34.1 Å². The van der Waals surface area contributed by atoms with Gasteiger partial charge in [-0.25, -0.2) is 4.39 Å². The van der Waals surface area contributed by atoms with E-state index in [1.54, 1.807) is 6.07 Å². The molecule has 1 amide bonds. The Bertz CT molecular complexity index is 511. The van der Waals surface area contributed by atoms with E-state index in [9.17, 15) is 9.18 Å². The summed E-state index contributed by atoms with van der Waals surface area (Å²) in [6, 6.07) is 4.95. The molecule has 0 saturated carbocycles. The third kappa shape index (κ3) is 3.98. The van der Waals surface area contributed by atoms with Crippen LogP contribution in [0.15, 0.2) is 22.7 Å². The monoisotopic (exact) mass is 391 g/mol. The van der Waals surface area contributed by atoms with Crippen molar-refractivity contribution in [1.82, 2.24) is 15.1 Å². The molecule has 0 aromatic heterocycles. The van der Waals surface area contributed by atoms with E-state index in [-0.39, 0.29) is 24.1 Å². The Morgan fingerprint density at radius 3 is 2.55 bits per heavy atom. The van der Waals surface area contributed by atoms with Crippen LogP contribution < -0.4 is 5.32 Å². The zero-order valence-corrected chi connectivity index (χ0v) is 14.6. The first-order valence-corrected chi connectivity index (χ1v) is 8.13. The summed E-state index contributed by atoms with van der Waals surface area (Å²) >= 11 is 3.23. The lowest BCUT2D eigenvalue weighted by Crippen LogP contribution is -2.52. The first-order chi connectivity index (χ1) is 10.1. The minimum absolute atomic E-state index is 0. The number of carbonyl (C=O) groups excluding carboxylic acids is 1. The van der Waals surface area contributed by atoms with Gasteiger partial charge in [0.15, 0.2) is 0 Å². The van der Waals surface area contributed by atoms with E-state index < -0.39 is 0 Å². The molecule has 2 saturated heterocycles. The van der Waals surface area contributed by atoms with Gasteiger partial charge in [0, 0.05) is 48.8 Å². The fraction of sp³-hybridized carbons (Fsp3) is 0.533. The van der Waals surface area contributed by atoms with Crippen LogP contribution in [0.1, 0.15) is 16.8 Å². The van der Waals surface area contributed by atoms with Gasteiger partial charge in [-0.3, -0.25) is 9.69 Å². The molecule has 3 rings (SSSR count). The maximum Gasteiger partial charge on any atom is 0.254 e. The molecule has 1 aromatic carbocycles. The predicted molar refractivity (Wildman–Crippen MR) is 90.1 cm³/mol. The van der Waals surface area contributed by atoms with E-state index >= 15 is 0 Å². The molecule has 0 radical (unpaired) electrons. The van der Waals surface area contributed by atoms with Crippen molar-refractivity contribution < 1.29 is 9.18 Å². The van der Waals surface area contributed by atoms with Crippen molar-refractivity contribution in [2.24, 2.45) is 0 Å². The molecule has 1 N–H and O–H groups in total. The highest BCUT2D eigenvalue weighted by atomic mass is 79.9. The molecule has 1 atom stereocenters. The van der Waals surface area contributed by atoms with Crippen LogP contribution >= 0.6 is 28.3 Å². The van der Waals surface area contributed by atoms with Crippen molar-refractivity contribution in [2.45, 2.75) is 12.5 Å². The number of hydrogen-bond donors (Lipinski definition) is 1. The lowest BCUT2D eigenvalue weighted by atomic mass is 10.1. The molecular weight excluding hydrogens is 373 g/mol.